The summed E-state index contributed by atoms with van der Waals surface area (Å²) in [6.45, 7) is 3.96. The highest BCUT2D eigenvalue weighted by Gasteiger charge is 2.45. The Morgan fingerprint density at radius 3 is 2.70 bits per heavy atom. The number of rotatable bonds is 3. The summed E-state index contributed by atoms with van der Waals surface area (Å²) < 4.78 is 1.86. The Bertz CT molecular complexity index is 670. The molecule has 0 atom stereocenters. The fourth-order valence-electron chi connectivity index (χ4n) is 2.22. The van der Waals surface area contributed by atoms with Gasteiger partial charge in [-0.05, 0) is 51.0 Å². The molecule has 104 valence electrons. The SMILES string of the molecule is Cc1cc(C)n(-c2cccc(NC(=O)C3(N)CC3)c2)n1. The van der Waals surface area contributed by atoms with Gasteiger partial charge in [0, 0.05) is 11.4 Å². The monoisotopic (exact) mass is 270 g/mol. The van der Waals surface area contributed by atoms with Crippen molar-refractivity contribution in [1.82, 2.24) is 9.78 Å². The number of benzene rings is 1. The van der Waals surface area contributed by atoms with Crippen LogP contribution in [0.1, 0.15) is 24.2 Å². The van der Waals surface area contributed by atoms with Gasteiger partial charge in [-0.15, -0.1) is 0 Å². The number of nitrogens with zero attached hydrogens (tertiary/aromatic N) is 2. The first-order valence-corrected chi connectivity index (χ1v) is 6.72. The van der Waals surface area contributed by atoms with E-state index in [1.165, 1.54) is 0 Å². The van der Waals surface area contributed by atoms with Crippen molar-refractivity contribution in [2.24, 2.45) is 5.73 Å². The minimum atomic E-state index is -0.659. The first kappa shape index (κ1) is 12.9. The number of hydrogen-bond donors (Lipinski definition) is 2. The number of carbonyl (C=O) groups excluding carboxylic acids is 1. The van der Waals surface area contributed by atoms with Gasteiger partial charge in [0.2, 0.25) is 5.91 Å². The molecule has 1 aromatic carbocycles. The zero-order valence-corrected chi connectivity index (χ0v) is 11.7. The number of anilines is 1. The van der Waals surface area contributed by atoms with E-state index < -0.39 is 5.54 Å². The van der Waals surface area contributed by atoms with Gasteiger partial charge in [0.1, 0.15) is 0 Å². The molecule has 0 aliphatic heterocycles. The highest BCUT2D eigenvalue weighted by Crippen LogP contribution is 2.33. The van der Waals surface area contributed by atoms with E-state index in [9.17, 15) is 4.79 Å². The first-order chi connectivity index (χ1) is 9.48. The van der Waals surface area contributed by atoms with E-state index in [1.54, 1.807) is 0 Å². The molecule has 1 aliphatic rings. The topological polar surface area (TPSA) is 72.9 Å². The second kappa shape index (κ2) is 4.45. The maximum atomic E-state index is 12.0. The molecule has 1 aromatic heterocycles. The molecular weight excluding hydrogens is 252 g/mol. The van der Waals surface area contributed by atoms with E-state index in [4.69, 9.17) is 5.73 Å². The molecule has 1 heterocycles. The molecule has 1 fully saturated rings. The maximum Gasteiger partial charge on any atom is 0.244 e. The minimum absolute atomic E-state index is 0.108. The lowest BCUT2D eigenvalue weighted by molar-refractivity contribution is -0.118. The average Bonchev–Trinajstić information content (AvgIpc) is 3.06. The lowest BCUT2D eigenvalue weighted by Gasteiger charge is -2.11. The molecule has 5 nitrogen and oxygen atoms in total. The fourth-order valence-corrected chi connectivity index (χ4v) is 2.22. The summed E-state index contributed by atoms with van der Waals surface area (Å²) >= 11 is 0. The number of carbonyl (C=O) groups is 1. The molecule has 0 bridgehead atoms. The number of aromatic nitrogens is 2. The van der Waals surface area contributed by atoms with Crippen molar-refractivity contribution >= 4 is 11.6 Å². The van der Waals surface area contributed by atoms with Crippen molar-refractivity contribution in [3.63, 3.8) is 0 Å². The molecule has 1 aliphatic carbocycles. The van der Waals surface area contributed by atoms with Crippen molar-refractivity contribution in [3.8, 4) is 5.69 Å². The average molecular weight is 270 g/mol. The van der Waals surface area contributed by atoms with Crippen LogP contribution in [0.3, 0.4) is 0 Å². The highest BCUT2D eigenvalue weighted by molar-refractivity contribution is 6.00. The molecule has 1 saturated carbocycles. The lowest BCUT2D eigenvalue weighted by Crippen LogP contribution is -2.37. The zero-order valence-electron chi connectivity index (χ0n) is 11.7. The number of nitrogens with two attached hydrogens (primary N) is 1. The molecule has 0 spiro atoms. The van der Waals surface area contributed by atoms with Crippen molar-refractivity contribution in [2.75, 3.05) is 5.32 Å². The molecule has 5 heteroatoms. The summed E-state index contributed by atoms with van der Waals surface area (Å²) in [6, 6.07) is 9.65. The summed E-state index contributed by atoms with van der Waals surface area (Å²) in [5.41, 5.74) is 8.93. The van der Waals surface area contributed by atoms with Gasteiger partial charge < -0.3 is 11.1 Å². The number of nitrogens with one attached hydrogen (secondary N) is 1. The van der Waals surface area contributed by atoms with Crippen molar-refractivity contribution in [3.05, 3.63) is 41.7 Å². The third kappa shape index (κ3) is 2.32. The van der Waals surface area contributed by atoms with Gasteiger partial charge in [-0.2, -0.15) is 5.10 Å². The highest BCUT2D eigenvalue weighted by atomic mass is 16.2. The summed E-state index contributed by atoms with van der Waals surface area (Å²) in [6.07, 6.45) is 1.52. The van der Waals surface area contributed by atoms with Crippen LogP contribution in [0.2, 0.25) is 0 Å². The van der Waals surface area contributed by atoms with E-state index in [-0.39, 0.29) is 5.91 Å². The first-order valence-electron chi connectivity index (χ1n) is 6.72. The van der Waals surface area contributed by atoms with Crippen LogP contribution in [-0.2, 0) is 4.79 Å². The zero-order chi connectivity index (χ0) is 14.3. The Labute approximate surface area is 117 Å². The maximum absolute atomic E-state index is 12.0. The van der Waals surface area contributed by atoms with Crippen LogP contribution >= 0.6 is 0 Å². The summed E-state index contributed by atoms with van der Waals surface area (Å²) in [5.74, 6) is -0.108. The molecular formula is C15H18N4O. The molecule has 0 radical (unpaired) electrons. The van der Waals surface area contributed by atoms with Gasteiger partial charge in [-0.25, -0.2) is 4.68 Å². The van der Waals surface area contributed by atoms with Crippen LogP contribution in [0.25, 0.3) is 5.69 Å². The smallest absolute Gasteiger partial charge is 0.244 e. The Balaban J connectivity index is 1.86. The van der Waals surface area contributed by atoms with E-state index in [0.29, 0.717) is 0 Å². The second-order valence-electron chi connectivity index (χ2n) is 5.50. The number of amides is 1. The molecule has 3 N–H and O–H groups in total. The van der Waals surface area contributed by atoms with Crippen LogP contribution in [-0.4, -0.2) is 21.2 Å². The van der Waals surface area contributed by atoms with E-state index >= 15 is 0 Å². The van der Waals surface area contributed by atoms with Gasteiger partial charge in [-0.3, -0.25) is 4.79 Å². The summed E-state index contributed by atoms with van der Waals surface area (Å²) in [5, 5.41) is 7.32. The third-order valence-corrected chi connectivity index (χ3v) is 3.60. The summed E-state index contributed by atoms with van der Waals surface area (Å²) in [7, 11) is 0. The van der Waals surface area contributed by atoms with Crippen LogP contribution < -0.4 is 11.1 Å². The number of aryl methyl sites for hydroxylation is 2. The van der Waals surface area contributed by atoms with Crippen LogP contribution in [0.4, 0.5) is 5.69 Å². The van der Waals surface area contributed by atoms with E-state index in [0.717, 1.165) is 35.6 Å². The molecule has 0 saturated heterocycles. The van der Waals surface area contributed by atoms with E-state index in [1.807, 2.05) is 48.9 Å². The molecule has 3 rings (SSSR count). The van der Waals surface area contributed by atoms with Crippen LogP contribution in [0.15, 0.2) is 30.3 Å². The van der Waals surface area contributed by atoms with Crippen molar-refractivity contribution < 1.29 is 4.79 Å². The quantitative estimate of drug-likeness (QED) is 0.895. The molecule has 0 unspecified atom stereocenters. The van der Waals surface area contributed by atoms with Gasteiger partial charge in [-0.1, -0.05) is 6.07 Å². The molecule has 2 aromatic rings. The predicted molar refractivity (Wildman–Crippen MR) is 77.8 cm³/mol. The predicted octanol–water partition coefficient (Wildman–Crippen LogP) is 1.92. The second-order valence-corrected chi connectivity index (χ2v) is 5.50. The standard InChI is InChI=1S/C15H18N4O/c1-10-8-11(2)19(18-10)13-5-3-4-12(9-13)17-14(20)15(16)6-7-15/h3-5,8-9H,6-7,16H2,1-2H3,(H,17,20). The van der Waals surface area contributed by atoms with E-state index in [2.05, 4.69) is 10.4 Å². The van der Waals surface area contributed by atoms with Crippen molar-refractivity contribution in [2.45, 2.75) is 32.2 Å². The van der Waals surface area contributed by atoms with Crippen LogP contribution in [0.5, 0.6) is 0 Å². The van der Waals surface area contributed by atoms with Crippen LogP contribution in [0, 0.1) is 13.8 Å². The number of hydrogen-bond acceptors (Lipinski definition) is 3. The Morgan fingerprint density at radius 1 is 1.35 bits per heavy atom. The molecule has 1 amide bonds. The Morgan fingerprint density at radius 2 is 2.10 bits per heavy atom. The fraction of sp³-hybridized carbons (Fsp3) is 0.333. The normalized spacial score (nSPS) is 15.9. The summed E-state index contributed by atoms with van der Waals surface area (Å²) in [4.78, 5) is 12.0. The van der Waals surface area contributed by atoms with Gasteiger partial charge in [0.25, 0.3) is 0 Å². The van der Waals surface area contributed by atoms with Crippen molar-refractivity contribution in [1.29, 1.82) is 0 Å². The lowest BCUT2D eigenvalue weighted by atomic mass is 10.2. The Kier molecular flexibility index (Phi) is 2.87. The van der Waals surface area contributed by atoms with Gasteiger partial charge >= 0.3 is 0 Å². The largest absolute Gasteiger partial charge is 0.324 e. The van der Waals surface area contributed by atoms with Gasteiger partial charge in [0.15, 0.2) is 0 Å². The third-order valence-electron chi connectivity index (χ3n) is 3.60. The molecule has 20 heavy (non-hydrogen) atoms. The Hall–Kier alpha value is -2.14. The minimum Gasteiger partial charge on any atom is -0.324 e. The van der Waals surface area contributed by atoms with Gasteiger partial charge in [0.05, 0.1) is 16.9 Å².